The number of amides is 1. The van der Waals surface area contributed by atoms with E-state index in [9.17, 15) is 4.79 Å². The van der Waals surface area contributed by atoms with E-state index in [2.05, 4.69) is 15.8 Å². The van der Waals surface area contributed by atoms with Crippen molar-refractivity contribution in [1.82, 2.24) is 5.16 Å². The summed E-state index contributed by atoms with van der Waals surface area (Å²) in [4.78, 5) is 12.1. The number of carbonyl (C=O) groups is 1. The van der Waals surface area contributed by atoms with Crippen molar-refractivity contribution >= 4 is 17.4 Å². The van der Waals surface area contributed by atoms with Gasteiger partial charge in [0.25, 0.3) is 0 Å². The molecule has 0 aliphatic heterocycles. The summed E-state index contributed by atoms with van der Waals surface area (Å²) < 4.78 is 4.91. The van der Waals surface area contributed by atoms with Crippen molar-refractivity contribution in [3.8, 4) is 0 Å². The fraction of sp³-hybridized carbons (Fsp3) is 0.333. The Morgan fingerprint density at radius 1 is 1.30 bits per heavy atom. The van der Waals surface area contributed by atoms with Gasteiger partial charge in [0.15, 0.2) is 5.82 Å². The highest BCUT2D eigenvalue weighted by atomic mass is 16.5. The first-order valence-electron chi connectivity index (χ1n) is 6.54. The molecule has 0 saturated heterocycles. The maximum Gasteiger partial charge on any atom is 0.247 e. The molecule has 0 fully saturated rings. The Labute approximate surface area is 118 Å². The lowest BCUT2D eigenvalue weighted by atomic mass is 10.1. The Balaban J connectivity index is 2.02. The molecule has 2 aromatic rings. The van der Waals surface area contributed by atoms with Crippen LogP contribution in [0.25, 0.3) is 0 Å². The zero-order valence-corrected chi connectivity index (χ0v) is 12.2. The maximum absolute atomic E-state index is 12.1. The van der Waals surface area contributed by atoms with Gasteiger partial charge in [-0.05, 0) is 44.9 Å². The summed E-state index contributed by atoms with van der Waals surface area (Å²) in [5, 5.41) is 9.66. The Morgan fingerprint density at radius 3 is 2.70 bits per heavy atom. The van der Waals surface area contributed by atoms with E-state index >= 15 is 0 Å². The van der Waals surface area contributed by atoms with E-state index in [1.54, 1.807) is 13.0 Å². The predicted molar refractivity (Wildman–Crippen MR) is 78.9 cm³/mol. The van der Waals surface area contributed by atoms with Gasteiger partial charge in [-0.2, -0.15) is 0 Å². The van der Waals surface area contributed by atoms with Gasteiger partial charge < -0.3 is 15.2 Å². The van der Waals surface area contributed by atoms with Gasteiger partial charge in [-0.25, -0.2) is 0 Å². The number of aryl methyl sites for hydroxylation is 2. The molecule has 20 heavy (non-hydrogen) atoms. The standard InChI is InChI=1S/C15H19N3O2/c1-9-6-5-7-13(11(9)3)16-12(4)15(19)17-14-8-10(2)20-18-14/h5-8,12,16H,1-4H3,(H,17,18,19)/t12-/m0/s1. The van der Waals surface area contributed by atoms with Crippen LogP contribution in [0, 0.1) is 20.8 Å². The summed E-state index contributed by atoms with van der Waals surface area (Å²) in [6.45, 7) is 7.66. The number of anilines is 2. The molecule has 106 valence electrons. The number of aromatic nitrogens is 1. The van der Waals surface area contributed by atoms with Crippen LogP contribution in [-0.4, -0.2) is 17.1 Å². The van der Waals surface area contributed by atoms with Gasteiger partial charge in [0.2, 0.25) is 5.91 Å². The summed E-state index contributed by atoms with van der Waals surface area (Å²) in [7, 11) is 0. The zero-order valence-electron chi connectivity index (χ0n) is 12.2. The Morgan fingerprint density at radius 2 is 2.05 bits per heavy atom. The fourth-order valence-corrected chi connectivity index (χ4v) is 1.87. The molecule has 0 aliphatic rings. The number of hydrogen-bond donors (Lipinski definition) is 2. The van der Waals surface area contributed by atoms with Crippen LogP contribution >= 0.6 is 0 Å². The van der Waals surface area contributed by atoms with Crippen LogP contribution in [0.3, 0.4) is 0 Å². The smallest absolute Gasteiger partial charge is 0.247 e. The average Bonchev–Trinajstić information content (AvgIpc) is 2.80. The molecule has 1 amide bonds. The largest absolute Gasteiger partial charge is 0.374 e. The second-order valence-electron chi connectivity index (χ2n) is 4.93. The van der Waals surface area contributed by atoms with Gasteiger partial charge in [-0.15, -0.1) is 0 Å². The normalized spacial score (nSPS) is 12.0. The SMILES string of the molecule is Cc1cc(NC(=O)[C@H](C)Nc2cccc(C)c2C)no1. The third kappa shape index (κ3) is 3.17. The molecule has 0 spiro atoms. The third-order valence-corrected chi connectivity index (χ3v) is 3.25. The summed E-state index contributed by atoms with van der Waals surface area (Å²) in [5.41, 5.74) is 3.29. The molecule has 5 heteroatoms. The minimum Gasteiger partial charge on any atom is -0.374 e. The number of benzene rings is 1. The highest BCUT2D eigenvalue weighted by Crippen LogP contribution is 2.19. The maximum atomic E-state index is 12.1. The molecule has 0 unspecified atom stereocenters. The van der Waals surface area contributed by atoms with E-state index in [1.807, 2.05) is 39.0 Å². The summed E-state index contributed by atoms with van der Waals surface area (Å²) in [6, 6.07) is 7.29. The Hall–Kier alpha value is -2.30. The van der Waals surface area contributed by atoms with Crippen molar-refractivity contribution in [2.45, 2.75) is 33.7 Å². The number of hydrogen-bond acceptors (Lipinski definition) is 4. The summed E-state index contributed by atoms with van der Waals surface area (Å²) in [5.74, 6) is 0.941. The Bertz CT molecular complexity index is 619. The molecule has 0 bridgehead atoms. The molecule has 0 saturated carbocycles. The van der Waals surface area contributed by atoms with Crippen LogP contribution < -0.4 is 10.6 Å². The molecule has 5 nitrogen and oxygen atoms in total. The van der Waals surface area contributed by atoms with Crippen LogP contribution in [0.4, 0.5) is 11.5 Å². The van der Waals surface area contributed by atoms with Gasteiger partial charge in [0.05, 0.1) is 0 Å². The van der Waals surface area contributed by atoms with Gasteiger partial charge in [-0.1, -0.05) is 17.3 Å². The molecule has 0 radical (unpaired) electrons. The van der Waals surface area contributed by atoms with Gasteiger partial charge in [0, 0.05) is 11.8 Å². The molecular weight excluding hydrogens is 254 g/mol. The third-order valence-electron chi connectivity index (χ3n) is 3.25. The quantitative estimate of drug-likeness (QED) is 0.898. The molecule has 2 N–H and O–H groups in total. The fourth-order valence-electron chi connectivity index (χ4n) is 1.87. The first-order chi connectivity index (χ1) is 9.47. The molecule has 1 aromatic carbocycles. The van der Waals surface area contributed by atoms with E-state index < -0.39 is 0 Å². The Kier molecular flexibility index (Phi) is 4.08. The summed E-state index contributed by atoms with van der Waals surface area (Å²) in [6.07, 6.45) is 0. The number of carbonyl (C=O) groups excluding carboxylic acids is 1. The lowest BCUT2D eigenvalue weighted by molar-refractivity contribution is -0.116. The lowest BCUT2D eigenvalue weighted by Crippen LogP contribution is -2.32. The lowest BCUT2D eigenvalue weighted by Gasteiger charge is -2.17. The second kappa shape index (κ2) is 5.77. The number of nitrogens with zero attached hydrogens (tertiary/aromatic N) is 1. The monoisotopic (exact) mass is 273 g/mol. The molecule has 1 aromatic heterocycles. The van der Waals surface area contributed by atoms with Crippen LogP contribution in [0.15, 0.2) is 28.8 Å². The summed E-state index contributed by atoms with van der Waals surface area (Å²) >= 11 is 0. The molecule has 0 aliphatic carbocycles. The molecular formula is C15H19N3O2. The molecule has 2 rings (SSSR count). The first-order valence-corrected chi connectivity index (χ1v) is 6.54. The van der Waals surface area contributed by atoms with Crippen LogP contribution in [0.1, 0.15) is 23.8 Å². The zero-order chi connectivity index (χ0) is 14.7. The highest BCUT2D eigenvalue weighted by molar-refractivity contribution is 5.95. The molecule has 1 heterocycles. The predicted octanol–water partition coefficient (Wildman–Crippen LogP) is 3.04. The minimum atomic E-state index is -0.368. The van der Waals surface area contributed by atoms with Crippen LogP contribution in [0.2, 0.25) is 0 Å². The van der Waals surface area contributed by atoms with Gasteiger partial charge in [0.1, 0.15) is 11.8 Å². The highest BCUT2D eigenvalue weighted by Gasteiger charge is 2.15. The van der Waals surface area contributed by atoms with E-state index in [0.29, 0.717) is 11.6 Å². The van der Waals surface area contributed by atoms with E-state index in [1.165, 1.54) is 5.56 Å². The minimum absolute atomic E-state index is 0.154. The van der Waals surface area contributed by atoms with E-state index in [0.717, 1.165) is 11.3 Å². The van der Waals surface area contributed by atoms with E-state index in [-0.39, 0.29) is 11.9 Å². The average molecular weight is 273 g/mol. The van der Waals surface area contributed by atoms with Crippen molar-refractivity contribution in [2.24, 2.45) is 0 Å². The van der Waals surface area contributed by atoms with Crippen molar-refractivity contribution in [1.29, 1.82) is 0 Å². The first kappa shape index (κ1) is 14.1. The second-order valence-corrected chi connectivity index (χ2v) is 4.93. The van der Waals surface area contributed by atoms with Crippen molar-refractivity contribution in [3.63, 3.8) is 0 Å². The van der Waals surface area contributed by atoms with Crippen molar-refractivity contribution < 1.29 is 9.32 Å². The molecule has 1 atom stereocenters. The van der Waals surface area contributed by atoms with E-state index in [4.69, 9.17) is 4.52 Å². The number of rotatable bonds is 4. The number of nitrogens with one attached hydrogen (secondary N) is 2. The van der Waals surface area contributed by atoms with Gasteiger partial charge in [-0.3, -0.25) is 4.79 Å². The topological polar surface area (TPSA) is 67.2 Å². The van der Waals surface area contributed by atoms with Crippen molar-refractivity contribution in [2.75, 3.05) is 10.6 Å². The van der Waals surface area contributed by atoms with Crippen LogP contribution in [0.5, 0.6) is 0 Å². The van der Waals surface area contributed by atoms with Gasteiger partial charge >= 0.3 is 0 Å². The van der Waals surface area contributed by atoms with Crippen molar-refractivity contribution in [3.05, 3.63) is 41.2 Å². The van der Waals surface area contributed by atoms with Crippen LogP contribution in [-0.2, 0) is 4.79 Å².